The van der Waals surface area contributed by atoms with Gasteiger partial charge in [0.1, 0.15) is 6.61 Å². The number of para-hydroxylation sites is 2. The number of benzene rings is 1. The Morgan fingerprint density at radius 3 is 2.38 bits per heavy atom. The summed E-state index contributed by atoms with van der Waals surface area (Å²) in [6, 6.07) is 5.75. The highest BCUT2D eigenvalue weighted by Crippen LogP contribution is 2.31. The molecule has 1 aromatic carbocycles. The van der Waals surface area contributed by atoms with Crippen LogP contribution in [0.5, 0.6) is 11.5 Å². The molecule has 0 heterocycles. The number of nitrogens with one attached hydrogen (secondary N) is 1. The fourth-order valence-corrected chi connectivity index (χ4v) is 1.66. The number of nitrogens with zero attached hydrogens (tertiary/aromatic N) is 1. The second-order valence-electron chi connectivity index (χ2n) is 4.75. The van der Waals surface area contributed by atoms with E-state index in [0.29, 0.717) is 6.54 Å². The summed E-state index contributed by atoms with van der Waals surface area (Å²) in [6.07, 6.45) is -3.72. The van der Waals surface area contributed by atoms with E-state index in [2.05, 4.69) is 15.0 Å². The molecule has 0 amide bonds. The van der Waals surface area contributed by atoms with Crippen molar-refractivity contribution in [3.05, 3.63) is 24.3 Å². The summed E-state index contributed by atoms with van der Waals surface area (Å²) in [7, 11) is 4.00. The third-order valence-corrected chi connectivity index (χ3v) is 2.57. The lowest BCUT2D eigenvalue weighted by atomic mass is 10.3. The molecule has 0 aliphatic carbocycles. The van der Waals surface area contributed by atoms with E-state index >= 15 is 0 Å². The third-order valence-electron chi connectivity index (χ3n) is 2.57. The van der Waals surface area contributed by atoms with Crippen molar-refractivity contribution in [2.45, 2.75) is 12.8 Å². The van der Waals surface area contributed by atoms with E-state index in [1.165, 1.54) is 18.2 Å². The Morgan fingerprint density at radius 1 is 1.10 bits per heavy atom. The number of halogens is 3. The van der Waals surface area contributed by atoms with Gasteiger partial charge in [-0.2, -0.15) is 0 Å². The predicted molar refractivity (Wildman–Crippen MR) is 74.7 cm³/mol. The molecule has 1 aromatic rings. The molecule has 120 valence electrons. The Labute approximate surface area is 122 Å². The van der Waals surface area contributed by atoms with E-state index < -0.39 is 6.36 Å². The van der Waals surface area contributed by atoms with E-state index in [9.17, 15) is 13.2 Å². The van der Waals surface area contributed by atoms with Crippen molar-refractivity contribution in [2.75, 3.05) is 40.3 Å². The zero-order chi connectivity index (χ0) is 15.7. The molecular weight excluding hydrogens is 285 g/mol. The van der Waals surface area contributed by atoms with Crippen molar-refractivity contribution in [3.63, 3.8) is 0 Å². The number of rotatable bonds is 9. The molecule has 0 spiro atoms. The zero-order valence-electron chi connectivity index (χ0n) is 12.2. The molecule has 0 saturated carbocycles. The van der Waals surface area contributed by atoms with Gasteiger partial charge in [-0.25, -0.2) is 0 Å². The van der Waals surface area contributed by atoms with Crippen molar-refractivity contribution in [1.82, 2.24) is 10.2 Å². The quantitative estimate of drug-likeness (QED) is 0.711. The summed E-state index contributed by atoms with van der Waals surface area (Å²) in [5.74, 6) is -0.234. The summed E-state index contributed by atoms with van der Waals surface area (Å²) < 4.78 is 45.9. The number of hydrogen-bond donors (Lipinski definition) is 1. The normalized spacial score (nSPS) is 11.7. The fourth-order valence-electron chi connectivity index (χ4n) is 1.66. The minimum absolute atomic E-state index is 0.0879. The number of hydrogen-bond acceptors (Lipinski definition) is 4. The average molecular weight is 306 g/mol. The minimum atomic E-state index is -4.72. The minimum Gasteiger partial charge on any atom is -0.488 e. The van der Waals surface area contributed by atoms with Crippen LogP contribution in [0.2, 0.25) is 0 Å². The molecule has 0 unspecified atom stereocenters. The summed E-state index contributed by atoms with van der Waals surface area (Å²) in [5, 5.41) is 3.16. The van der Waals surface area contributed by atoms with Crippen LogP contribution < -0.4 is 14.8 Å². The van der Waals surface area contributed by atoms with Crippen LogP contribution in [-0.2, 0) is 0 Å². The van der Waals surface area contributed by atoms with Gasteiger partial charge in [0, 0.05) is 6.54 Å². The smallest absolute Gasteiger partial charge is 0.488 e. The Hall–Kier alpha value is -1.47. The first-order valence-corrected chi connectivity index (χ1v) is 6.71. The molecule has 7 heteroatoms. The van der Waals surface area contributed by atoms with Crippen molar-refractivity contribution in [2.24, 2.45) is 0 Å². The highest BCUT2D eigenvalue weighted by Gasteiger charge is 2.32. The molecule has 4 nitrogen and oxygen atoms in total. The molecule has 0 aliphatic rings. The van der Waals surface area contributed by atoms with Crippen LogP contribution in [0, 0.1) is 0 Å². The highest BCUT2D eigenvalue weighted by molar-refractivity contribution is 5.39. The van der Waals surface area contributed by atoms with E-state index in [0.717, 1.165) is 19.5 Å². The standard InChI is InChI=1S/C14H21F3N2O2/c1-19(2)10-5-8-18-9-11-20-12-6-3-4-7-13(12)21-14(15,16)17/h3-4,6-7,18H,5,8-11H2,1-2H3. The second-order valence-corrected chi connectivity index (χ2v) is 4.75. The topological polar surface area (TPSA) is 33.7 Å². The maximum atomic E-state index is 12.2. The van der Waals surface area contributed by atoms with E-state index in [4.69, 9.17) is 4.74 Å². The molecular formula is C14H21F3N2O2. The van der Waals surface area contributed by atoms with Gasteiger partial charge in [-0.05, 0) is 45.7 Å². The van der Waals surface area contributed by atoms with Crippen molar-refractivity contribution >= 4 is 0 Å². The molecule has 0 aliphatic heterocycles. The molecule has 21 heavy (non-hydrogen) atoms. The maximum absolute atomic E-state index is 12.2. The molecule has 0 atom stereocenters. The molecule has 0 radical (unpaired) electrons. The Balaban J connectivity index is 2.29. The van der Waals surface area contributed by atoms with Crippen LogP contribution in [0.25, 0.3) is 0 Å². The third kappa shape index (κ3) is 8.41. The molecule has 0 saturated heterocycles. The molecule has 1 N–H and O–H groups in total. The lowest BCUT2D eigenvalue weighted by molar-refractivity contribution is -0.275. The summed E-state index contributed by atoms with van der Waals surface area (Å²) >= 11 is 0. The lowest BCUT2D eigenvalue weighted by Gasteiger charge is -2.14. The number of alkyl halides is 3. The maximum Gasteiger partial charge on any atom is 0.573 e. The second kappa shape index (κ2) is 8.74. The summed E-state index contributed by atoms with van der Waals surface area (Å²) in [5.41, 5.74) is 0. The lowest BCUT2D eigenvalue weighted by Crippen LogP contribution is -2.25. The Bertz CT molecular complexity index is 411. The van der Waals surface area contributed by atoms with Gasteiger partial charge >= 0.3 is 6.36 Å². The van der Waals surface area contributed by atoms with Crippen LogP contribution >= 0.6 is 0 Å². The van der Waals surface area contributed by atoms with Crippen LogP contribution in [0.4, 0.5) is 13.2 Å². The molecule has 0 bridgehead atoms. The first kappa shape index (κ1) is 17.6. The highest BCUT2D eigenvalue weighted by atomic mass is 19.4. The first-order valence-electron chi connectivity index (χ1n) is 6.71. The fraction of sp³-hybridized carbons (Fsp3) is 0.571. The SMILES string of the molecule is CN(C)CCCNCCOc1ccccc1OC(F)(F)F. The van der Waals surface area contributed by atoms with Gasteiger partial charge in [0.15, 0.2) is 11.5 Å². The van der Waals surface area contributed by atoms with Crippen molar-refractivity contribution in [3.8, 4) is 11.5 Å². The van der Waals surface area contributed by atoms with Crippen LogP contribution in [0.3, 0.4) is 0 Å². The summed E-state index contributed by atoms with van der Waals surface area (Å²) in [4.78, 5) is 2.09. The van der Waals surface area contributed by atoms with Crippen LogP contribution in [-0.4, -0.2) is 51.6 Å². The van der Waals surface area contributed by atoms with Gasteiger partial charge in [0.2, 0.25) is 0 Å². The monoisotopic (exact) mass is 306 g/mol. The number of ether oxygens (including phenoxy) is 2. The van der Waals surface area contributed by atoms with Crippen molar-refractivity contribution in [1.29, 1.82) is 0 Å². The van der Waals surface area contributed by atoms with Gasteiger partial charge in [0.25, 0.3) is 0 Å². The average Bonchev–Trinajstić information content (AvgIpc) is 2.37. The van der Waals surface area contributed by atoms with Crippen LogP contribution in [0.15, 0.2) is 24.3 Å². The van der Waals surface area contributed by atoms with Gasteiger partial charge < -0.3 is 19.7 Å². The van der Waals surface area contributed by atoms with E-state index in [1.54, 1.807) is 6.07 Å². The Kier molecular flexibility index (Phi) is 7.31. The predicted octanol–water partition coefficient (Wildman–Crippen LogP) is 2.51. The zero-order valence-corrected chi connectivity index (χ0v) is 12.2. The largest absolute Gasteiger partial charge is 0.573 e. The van der Waals surface area contributed by atoms with Gasteiger partial charge in [-0.15, -0.1) is 13.2 Å². The molecule has 0 aromatic heterocycles. The van der Waals surface area contributed by atoms with Crippen molar-refractivity contribution < 1.29 is 22.6 Å². The van der Waals surface area contributed by atoms with Gasteiger partial charge in [0.05, 0.1) is 0 Å². The van der Waals surface area contributed by atoms with E-state index in [1.807, 2.05) is 14.1 Å². The molecule has 1 rings (SSSR count). The first-order chi connectivity index (χ1) is 9.88. The Morgan fingerprint density at radius 2 is 1.76 bits per heavy atom. The summed E-state index contributed by atoms with van der Waals surface area (Å²) in [6.45, 7) is 2.66. The van der Waals surface area contributed by atoms with Gasteiger partial charge in [-0.3, -0.25) is 0 Å². The van der Waals surface area contributed by atoms with Crippen LogP contribution in [0.1, 0.15) is 6.42 Å². The van der Waals surface area contributed by atoms with Gasteiger partial charge in [-0.1, -0.05) is 12.1 Å². The molecule has 0 fully saturated rings. The van der Waals surface area contributed by atoms with E-state index in [-0.39, 0.29) is 18.1 Å².